The monoisotopic (exact) mass is 275 g/mol. The van der Waals surface area contributed by atoms with E-state index >= 15 is 0 Å². The summed E-state index contributed by atoms with van der Waals surface area (Å²) in [7, 11) is 0. The quantitative estimate of drug-likeness (QED) is 0.830. The smallest absolute Gasteiger partial charge is 0.328 e. The summed E-state index contributed by atoms with van der Waals surface area (Å²) in [6.45, 7) is 10.7. The van der Waals surface area contributed by atoms with Gasteiger partial charge < -0.3 is 10.4 Å². The molecule has 0 heterocycles. The Bertz CT molecular complexity index is 557. The van der Waals surface area contributed by atoms with Crippen LogP contribution in [-0.4, -0.2) is 17.0 Å². The Balaban J connectivity index is 2.94. The van der Waals surface area contributed by atoms with E-state index in [1.54, 1.807) is 0 Å². The van der Waals surface area contributed by atoms with E-state index in [2.05, 4.69) is 26.1 Å². The number of aliphatic carboxylic acids is 1. The first-order valence-corrected chi connectivity index (χ1v) is 6.50. The Kier molecular flexibility index (Phi) is 5.08. The van der Waals surface area contributed by atoms with E-state index in [1.807, 2.05) is 13.8 Å². The number of amides is 1. The summed E-state index contributed by atoms with van der Waals surface area (Å²) in [5, 5.41) is 11.2. The van der Waals surface area contributed by atoms with Gasteiger partial charge in [0.1, 0.15) is 0 Å². The lowest BCUT2D eigenvalue weighted by atomic mass is 9.89. The minimum atomic E-state index is -1.13. The standard InChI is InChI=1S/C16H21NO3/c1-9-10(2)12(4)14(13(5)11(9)3)8-17-15(18)6-7-16(19)20/h6-7H,8H2,1-5H3,(H,17,18)(H,19,20)/b7-6+. The van der Waals surface area contributed by atoms with Gasteiger partial charge >= 0.3 is 5.97 Å². The maximum atomic E-state index is 11.5. The lowest BCUT2D eigenvalue weighted by Crippen LogP contribution is -2.22. The van der Waals surface area contributed by atoms with Crippen molar-refractivity contribution < 1.29 is 14.7 Å². The molecule has 0 aliphatic heterocycles. The highest BCUT2D eigenvalue weighted by Gasteiger charge is 2.12. The summed E-state index contributed by atoms with van der Waals surface area (Å²) >= 11 is 0. The van der Waals surface area contributed by atoms with Gasteiger partial charge in [-0.15, -0.1) is 0 Å². The number of benzene rings is 1. The molecule has 0 radical (unpaired) electrons. The normalized spacial score (nSPS) is 10.8. The van der Waals surface area contributed by atoms with Crippen molar-refractivity contribution in [2.24, 2.45) is 0 Å². The molecule has 108 valence electrons. The van der Waals surface area contributed by atoms with Crippen molar-refractivity contribution in [3.05, 3.63) is 45.5 Å². The average molecular weight is 275 g/mol. The predicted molar refractivity (Wildman–Crippen MR) is 78.7 cm³/mol. The summed E-state index contributed by atoms with van der Waals surface area (Å²) in [4.78, 5) is 21.9. The van der Waals surface area contributed by atoms with Crippen molar-refractivity contribution in [3.63, 3.8) is 0 Å². The summed E-state index contributed by atoms with van der Waals surface area (Å²) in [5.41, 5.74) is 7.20. The summed E-state index contributed by atoms with van der Waals surface area (Å²) in [6.07, 6.45) is 1.86. The van der Waals surface area contributed by atoms with Crippen LogP contribution >= 0.6 is 0 Å². The fourth-order valence-corrected chi connectivity index (χ4v) is 2.22. The molecule has 0 aliphatic rings. The first-order valence-electron chi connectivity index (χ1n) is 6.50. The fraction of sp³-hybridized carbons (Fsp3) is 0.375. The molecule has 20 heavy (non-hydrogen) atoms. The van der Waals surface area contributed by atoms with Crippen LogP contribution in [0.1, 0.15) is 33.4 Å². The number of carbonyl (C=O) groups is 2. The van der Waals surface area contributed by atoms with Gasteiger partial charge in [-0.3, -0.25) is 4.79 Å². The van der Waals surface area contributed by atoms with Gasteiger partial charge in [0.15, 0.2) is 0 Å². The molecule has 4 nitrogen and oxygen atoms in total. The van der Waals surface area contributed by atoms with Crippen LogP contribution in [0.15, 0.2) is 12.2 Å². The molecule has 0 aliphatic carbocycles. The van der Waals surface area contributed by atoms with Gasteiger partial charge in [-0.2, -0.15) is 0 Å². The molecular formula is C16H21NO3. The van der Waals surface area contributed by atoms with Crippen LogP contribution in [-0.2, 0) is 16.1 Å². The first-order chi connectivity index (χ1) is 9.25. The molecule has 0 bridgehead atoms. The van der Waals surface area contributed by atoms with Gasteiger partial charge in [0.25, 0.3) is 0 Å². The Morgan fingerprint density at radius 2 is 1.35 bits per heavy atom. The lowest BCUT2D eigenvalue weighted by Gasteiger charge is -2.18. The van der Waals surface area contributed by atoms with Gasteiger partial charge in [-0.25, -0.2) is 4.79 Å². The van der Waals surface area contributed by atoms with E-state index < -0.39 is 11.9 Å². The van der Waals surface area contributed by atoms with Crippen molar-refractivity contribution in [1.82, 2.24) is 5.32 Å². The molecule has 4 heteroatoms. The van der Waals surface area contributed by atoms with Crippen LogP contribution < -0.4 is 5.32 Å². The number of rotatable bonds is 4. The highest BCUT2D eigenvalue weighted by atomic mass is 16.4. The second-order valence-corrected chi connectivity index (χ2v) is 4.99. The van der Waals surface area contributed by atoms with Crippen molar-refractivity contribution in [2.75, 3.05) is 0 Å². The third-order valence-corrected chi connectivity index (χ3v) is 3.97. The van der Waals surface area contributed by atoms with Crippen LogP contribution in [0.4, 0.5) is 0 Å². The SMILES string of the molecule is Cc1c(C)c(C)c(CNC(=O)/C=C/C(=O)O)c(C)c1C. The number of hydrogen-bond donors (Lipinski definition) is 2. The van der Waals surface area contributed by atoms with E-state index in [0.29, 0.717) is 6.54 Å². The highest BCUT2D eigenvalue weighted by Crippen LogP contribution is 2.25. The summed E-state index contributed by atoms with van der Waals surface area (Å²) in [5.74, 6) is -1.53. The van der Waals surface area contributed by atoms with Crippen LogP contribution in [0.3, 0.4) is 0 Å². The molecule has 0 unspecified atom stereocenters. The first kappa shape index (κ1) is 16.0. The largest absolute Gasteiger partial charge is 0.478 e. The predicted octanol–water partition coefficient (Wildman–Crippen LogP) is 2.49. The van der Waals surface area contributed by atoms with E-state index in [9.17, 15) is 9.59 Å². The molecule has 1 aromatic carbocycles. The third-order valence-electron chi connectivity index (χ3n) is 3.97. The van der Waals surface area contributed by atoms with E-state index in [1.165, 1.54) is 27.8 Å². The summed E-state index contributed by atoms with van der Waals surface area (Å²) < 4.78 is 0. The van der Waals surface area contributed by atoms with Crippen molar-refractivity contribution in [3.8, 4) is 0 Å². The van der Waals surface area contributed by atoms with Crippen molar-refractivity contribution >= 4 is 11.9 Å². The topological polar surface area (TPSA) is 66.4 Å². The molecule has 0 atom stereocenters. The minimum absolute atomic E-state index is 0.401. The van der Waals surface area contributed by atoms with Crippen molar-refractivity contribution in [2.45, 2.75) is 41.2 Å². The molecule has 1 rings (SSSR count). The zero-order valence-corrected chi connectivity index (χ0v) is 12.6. The number of carboxylic acids is 1. The Labute approximate surface area is 119 Å². The fourth-order valence-electron chi connectivity index (χ4n) is 2.22. The number of carbonyl (C=O) groups excluding carboxylic acids is 1. The lowest BCUT2D eigenvalue weighted by molar-refractivity contribution is -0.131. The van der Waals surface area contributed by atoms with E-state index in [0.717, 1.165) is 17.7 Å². The van der Waals surface area contributed by atoms with E-state index in [-0.39, 0.29) is 0 Å². The minimum Gasteiger partial charge on any atom is -0.478 e. The van der Waals surface area contributed by atoms with Crippen LogP contribution in [0.2, 0.25) is 0 Å². The number of carboxylic acid groups (broad SMARTS) is 1. The zero-order chi connectivity index (χ0) is 15.4. The molecule has 2 N–H and O–H groups in total. The highest BCUT2D eigenvalue weighted by molar-refractivity contribution is 5.93. The van der Waals surface area contributed by atoms with Crippen molar-refractivity contribution in [1.29, 1.82) is 0 Å². The Morgan fingerprint density at radius 3 is 1.80 bits per heavy atom. The second-order valence-electron chi connectivity index (χ2n) is 4.99. The van der Waals surface area contributed by atoms with Gasteiger partial charge in [-0.1, -0.05) is 0 Å². The number of hydrogen-bond acceptors (Lipinski definition) is 2. The number of nitrogens with one attached hydrogen (secondary N) is 1. The van der Waals surface area contributed by atoms with Gasteiger partial charge in [-0.05, 0) is 68.0 Å². The van der Waals surface area contributed by atoms with Gasteiger partial charge in [0.2, 0.25) is 5.91 Å². The Hall–Kier alpha value is -2.10. The molecule has 0 saturated carbocycles. The molecule has 1 aromatic rings. The molecular weight excluding hydrogens is 254 g/mol. The molecule has 0 fully saturated rings. The second kappa shape index (κ2) is 6.37. The van der Waals surface area contributed by atoms with Crippen LogP contribution in [0.5, 0.6) is 0 Å². The maximum absolute atomic E-state index is 11.5. The molecule has 0 aromatic heterocycles. The third kappa shape index (κ3) is 3.47. The van der Waals surface area contributed by atoms with Crippen LogP contribution in [0.25, 0.3) is 0 Å². The zero-order valence-electron chi connectivity index (χ0n) is 12.6. The summed E-state index contributed by atoms with van der Waals surface area (Å²) in [6, 6.07) is 0. The van der Waals surface area contributed by atoms with Gasteiger partial charge in [0.05, 0.1) is 0 Å². The molecule has 1 amide bonds. The Morgan fingerprint density at radius 1 is 0.900 bits per heavy atom. The molecule has 0 saturated heterocycles. The maximum Gasteiger partial charge on any atom is 0.328 e. The van der Waals surface area contributed by atoms with Gasteiger partial charge in [0, 0.05) is 18.7 Å². The van der Waals surface area contributed by atoms with E-state index in [4.69, 9.17) is 5.11 Å². The molecule has 0 spiro atoms. The average Bonchev–Trinajstić information content (AvgIpc) is 2.40. The van der Waals surface area contributed by atoms with Crippen LogP contribution in [0, 0.1) is 34.6 Å².